The van der Waals surface area contributed by atoms with E-state index in [2.05, 4.69) is 0 Å². The van der Waals surface area contributed by atoms with E-state index >= 15 is 0 Å². The van der Waals surface area contributed by atoms with Crippen molar-refractivity contribution in [3.63, 3.8) is 0 Å². The summed E-state index contributed by atoms with van der Waals surface area (Å²) in [5, 5.41) is 0. The minimum Gasteiger partial charge on any atom is -0.177 e. The Labute approximate surface area is 31.3 Å². The van der Waals surface area contributed by atoms with Crippen LogP contribution in [0.15, 0.2) is 6.08 Å². The zero-order chi connectivity index (χ0) is 4.28. The van der Waals surface area contributed by atoms with Gasteiger partial charge in [-0.25, -0.2) is 0 Å². The van der Waals surface area contributed by atoms with Crippen LogP contribution >= 0.6 is 0 Å². The van der Waals surface area contributed by atoms with E-state index in [4.69, 9.17) is 6.58 Å². The molecule has 0 saturated heterocycles. The molecule has 0 saturated carbocycles. The average Bonchev–Trinajstić information content (AvgIpc) is 1.38. The monoisotopic (exact) mass is 69.0 g/mol. The molecule has 0 heterocycles. The maximum Gasteiger partial charge on any atom is 0.298 e. The van der Waals surface area contributed by atoms with Crippen LogP contribution in [0.25, 0.3) is 0 Å². The van der Waals surface area contributed by atoms with Crippen LogP contribution in [-0.4, -0.2) is 5.78 Å². The Kier molecular flexibility index (Phi) is 1.40. The van der Waals surface area contributed by atoms with Crippen LogP contribution < -0.4 is 0 Å². The van der Waals surface area contributed by atoms with Gasteiger partial charge in [-0.05, 0) is 0 Å². The highest BCUT2D eigenvalue weighted by molar-refractivity contribution is 5.86. The zero-order valence-electron chi connectivity index (χ0n) is 3.06. The van der Waals surface area contributed by atoms with Crippen molar-refractivity contribution in [3.8, 4) is 0 Å². The molecule has 1 nitrogen and oxygen atoms in total. The van der Waals surface area contributed by atoms with Crippen molar-refractivity contribution in [1.29, 1.82) is 0 Å². The molecule has 0 aromatic carbocycles. The first kappa shape index (κ1) is 4.32. The summed E-state index contributed by atoms with van der Waals surface area (Å²) in [6.07, 6.45) is 1.03. The molecule has 0 aromatic rings. The van der Waals surface area contributed by atoms with E-state index in [9.17, 15) is 4.79 Å². The van der Waals surface area contributed by atoms with Crippen molar-refractivity contribution in [2.24, 2.45) is 0 Å². The molecular formula is C4H5O+. The van der Waals surface area contributed by atoms with Crippen LogP contribution in [0.1, 0.15) is 6.92 Å². The smallest absolute Gasteiger partial charge is 0.177 e. The van der Waals surface area contributed by atoms with Gasteiger partial charge in [-0.1, -0.05) is 0 Å². The Morgan fingerprint density at radius 1 is 2.00 bits per heavy atom. The van der Waals surface area contributed by atoms with Gasteiger partial charge in [0, 0.05) is 0 Å². The van der Waals surface area contributed by atoms with Crippen LogP contribution in [-0.2, 0) is 4.79 Å². The van der Waals surface area contributed by atoms with Crippen LogP contribution in [0.2, 0.25) is 0 Å². The zero-order valence-corrected chi connectivity index (χ0v) is 3.06. The van der Waals surface area contributed by atoms with Crippen molar-refractivity contribution >= 4 is 5.78 Å². The lowest BCUT2D eigenvalue weighted by Crippen LogP contribution is -1.74. The lowest BCUT2D eigenvalue weighted by molar-refractivity contribution is -0.112. The second-order valence-electron chi connectivity index (χ2n) is 0.777. The quantitative estimate of drug-likeness (QED) is 0.325. The van der Waals surface area contributed by atoms with Crippen molar-refractivity contribution in [3.05, 3.63) is 12.7 Å². The summed E-state index contributed by atoms with van der Waals surface area (Å²) in [4.78, 5) is 9.63. The fourth-order valence-corrected chi connectivity index (χ4v) is 0. The summed E-state index contributed by atoms with van der Waals surface area (Å²) in [6, 6.07) is 0. The van der Waals surface area contributed by atoms with Crippen molar-refractivity contribution in [2.75, 3.05) is 0 Å². The lowest BCUT2D eigenvalue weighted by Gasteiger charge is -1.48. The molecule has 0 radical (unpaired) electrons. The maximum atomic E-state index is 9.63. The molecule has 0 amide bonds. The van der Waals surface area contributed by atoms with E-state index in [1.165, 1.54) is 6.92 Å². The Bertz CT molecular complexity index is 54.7. The van der Waals surface area contributed by atoms with Gasteiger partial charge in [0.05, 0.1) is 13.5 Å². The van der Waals surface area contributed by atoms with E-state index in [-0.39, 0.29) is 5.78 Å². The average molecular weight is 69.1 g/mol. The van der Waals surface area contributed by atoms with Crippen LogP contribution in [0.5, 0.6) is 0 Å². The molecule has 0 aliphatic heterocycles. The highest BCUT2D eigenvalue weighted by Gasteiger charge is 1.84. The Balaban J connectivity index is 3.20. The molecule has 0 rings (SSSR count). The van der Waals surface area contributed by atoms with Gasteiger partial charge in [-0.15, -0.1) is 0 Å². The van der Waals surface area contributed by atoms with E-state index in [0.29, 0.717) is 0 Å². The molecule has 0 bridgehead atoms. The molecule has 0 aliphatic carbocycles. The van der Waals surface area contributed by atoms with Gasteiger partial charge >= 0.3 is 0 Å². The predicted octanol–water partition coefficient (Wildman–Crippen LogP) is 0.565. The number of hydrogen-bond donors (Lipinski definition) is 0. The number of carbonyl (C=O) groups is 1. The number of carbonyl (C=O) groups excluding carboxylic acids is 1. The first-order chi connectivity index (χ1) is 2.27. The summed E-state index contributed by atoms with van der Waals surface area (Å²) < 4.78 is 0. The van der Waals surface area contributed by atoms with E-state index in [1.54, 1.807) is 0 Å². The van der Waals surface area contributed by atoms with Crippen LogP contribution in [0.3, 0.4) is 0 Å². The SMILES string of the molecule is [CH+]=CC(C)=O. The fraction of sp³-hybridized carbons (Fsp3) is 0.250. The van der Waals surface area contributed by atoms with Crippen molar-refractivity contribution < 1.29 is 4.79 Å². The molecule has 0 spiro atoms. The van der Waals surface area contributed by atoms with Gasteiger partial charge in [0.2, 0.25) is 0 Å². The molecule has 0 unspecified atom stereocenters. The molecule has 26 valence electrons. The first-order valence-electron chi connectivity index (χ1n) is 1.33. The summed E-state index contributed by atoms with van der Waals surface area (Å²) in [6.45, 7) is 6.10. The second kappa shape index (κ2) is 1.62. The Hall–Kier alpha value is -0.680. The maximum absolute atomic E-state index is 9.63. The number of rotatable bonds is 1. The number of ketones is 1. The fourth-order valence-electron chi connectivity index (χ4n) is 0. The third kappa shape index (κ3) is 3.32. The van der Waals surface area contributed by atoms with Crippen molar-refractivity contribution in [1.82, 2.24) is 0 Å². The molecule has 0 N–H and O–H groups in total. The summed E-state index contributed by atoms with van der Waals surface area (Å²) in [5.41, 5.74) is 0. The van der Waals surface area contributed by atoms with E-state index in [1.807, 2.05) is 0 Å². The highest BCUT2D eigenvalue weighted by Crippen LogP contribution is 1.60. The lowest BCUT2D eigenvalue weighted by atomic mass is 10.5. The van der Waals surface area contributed by atoms with Crippen molar-refractivity contribution in [2.45, 2.75) is 6.92 Å². The Morgan fingerprint density at radius 3 is 2.20 bits per heavy atom. The highest BCUT2D eigenvalue weighted by atomic mass is 16.1. The minimum absolute atomic E-state index is 0.0926. The number of allylic oxidation sites excluding steroid dienone is 1. The second-order valence-corrected chi connectivity index (χ2v) is 0.777. The van der Waals surface area contributed by atoms with Gasteiger partial charge in [0.15, 0.2) is 6.08 Å². The molecule has 0 atom stereocenters. The molecule has 0 fully saturated rings. The topological polar surface area (TPSA) is 17.1 Å². The van der Waals surface area contributed by atoms with Gasteiger partial charge in [0.25, 0.3) is 5.78 Å². The van der Waals surface area contributed by atoms with Gasteiger partial charge < -0.3 is 0 Å². The van der Waals surface area contributed by atoms with Crippen LogP contribution in [0, 0.1) is 6.58 Å². The van der Waals surface area contributed by atoms with E-state index < -0.39 is 0 Å². The minimum atomic E-state index is -0.0926. The molecule has 0 aromatic heterocycles. The van der Waals surface area contributed by atoms with Gasteiger partial charge in [0.1, 0.15) is 0 Å². The number of hydrogen-bond acceptors (Lipinski definition) is 1. The summed E-state index contributed by atoms with van der Waals surface area (Å²) >= 11 is 0. The van der Waals surface area contributed by atoms with Gasteiger partial charge in [-0.2, -0.15) is 4.79 Å². The summed E-state index contributed by atoms with van der Waals surface area (Å²) in [7, 11) is 0. The molecule has 0 aliphatic rings. The first-order valence-corrected chi connectivity index (χ1v) is 1.33. The third-order valence-electron chi connectivity index (χ3n) is 0.235. The predicted molar refractivity (Wildman–Crippen MR) is 19.6 cm³/mol. The Morgan fingerprint density at radius 2 is 2.20 bits per heavy atom. The normalized spacial score (nSPS) is 6.40. The van der Waals surface area contributed by atoms with Crippen LogP contribution in [0.4, 0.5) is 0 Å². The van der Waals surface area contributed by atoms with E-state index in [0.717, 1.165) is 6.08 Å². The largest absolute Gasteiger partial charge is 0.298 e. The molecular weight excluding hydrogens is 64.0 g/mol. The summed E-state index contributed by atoms with van der Waals surface area (Å²) in [5.74, 6) is -0.0926. The van der Waals surface area contributed by atoms with Gasteiger partial charge in [-0.3, -0.25) is 0 Å². The molecule has 1 heteroatoms. The standard InChI is InChI=1S/C4H5O/c1-3-4(2)5/h1,3H,2H3/q+1. The molecule has 5 heavy (non-hydrogen) atoms. The third-order valence-corrected chi connectivity index (χ3v) is 0.235.